The molecule has 0 bridgehead atoms. The van der Waals surface area contributed by atoms with Crippen molar-refractivity contribution < 1.29 is 0 Å². The highest BCUT2D eigenvalue weighted by atomic mass is 35.5. The number of thiophene rings is 1. The number of hydrogen-bond acceptors (Lipinski definition) is 4. The maximum atomic E-state index is 5.94. The minimum absolute atomic E-state index is 0.0904. The second-order valence-corrected chi connectivity index (χ2v) is 8.01. The normalized spacial score (nSPS) is 18.4. The van der Waals surface area contributed by atoms with Crippen LogP contribution in [0.5, 0.6) is 0 Å². The quantitative estimate of drug-likeness (QED) is 0.515. The van der Waals surface area contributed by atoms with Crippen molar-refractivity contribution in [2.75, 3.05) is 13.1 Å². The fraction of sp³-hybridized carbons (Fsp3) is 0.538. The van der Waals surface area contributed by atoms with Crippen LogP contribution < -0.4 is 4.72 Å². The van der Waals surface area contributed by atoms with Crippen LogP contribution in [0.1, 0.15) is 27.7 Å². The number of nitrogens with one attached hydrogen (secondary N) is 1. The zero-order valence-electron chi connectivity index (χ0n) is 12.1. The van der Waals surface area contributed by atoms with E-state index in [0.717, 1.165) is 33.3 Å². The number of halogens is 1. The fourth-order valence-electron chi connectivity index (χ4n) is 1.73. The van der Waals surface area contributed by atoms with E-state index in [4.69, 9.17) is 11.6 Å². The summed E-state index contributed by atoms with van der Waals surface area (Å²) in [4.78, 5) is 4.50. The Morgan fingerprint density at radius 2 is 2.35 bits per heavy atom. The Morgan fingerprint density at radius 3 is 2.85 bits per heavy atom. The van der Waals surface area contributed by atoms with Crippen LogP contribution in [0.3, 0.4) is 0 Å². The molecule has 0 amide bonds. The molecular weight excluding hydrogens is 312 g/mol. The highest BCUT2D eigenvalue weighted by molar-refractivity contribution is 7.99. The highest BCUT2D eigenvalue weighted by Crippen LogP contribution is 2.30. The Labute approximate surface area is 133 Å². The summed E-state index contributed by atoms with van der Waals surface area (Å²) in [7, 11) is 0. The van der Waals surface area contributed by atoms with Crippen LogP contribution in [0.4, 0.5) is 0 Å². The fourth-order valence-corrected chi connectivity index (χ4v) is 3.70. The lowest BCUT2D eigenvalue weighted by Crippen LogP contribution is -2.36. The number of guanidine groups is 1. The molecule has 4 nitrogen and oxygen atoms in total. The third-order valence-electron chi connectivity index (χ3n) is 3.14. The number of nitrogens with zero attached hydrogens (tertiary/aromatic N) is 3. The number of hydrogen-bond donors (Lipinski definition) is 1. The second-order valence-electron chi connectivity index (χ2n) is 5.19. The van der Waals surface area contributed by atoms with E-state index in [1.807, 2.05) is 24.1 Å². The van der Waals surface area contributed by atoms with Gasteiger partial charge < -0.3 is 0 Å². The monoisotopic (exact) mass is 330 g/mol. The van der Waals surface area contributed by atoms with Gasteiger partial charge in [0.15, 0.2) is 0 Å². The molecule has 2 rings (SSSR count). The van der Waals surface area contributed by atoms with Gasteiger partial charge in [0.1, 0.15) is 0 Å². The Balaban J connectivity index is 2.04. The first-order valence-corrected chi connectivity index (χ1v) is 8.49. The van der Waals surface area contributed by atoms with E-state index in [9.17, 15) is 0 Å². The van der Waals surface area contributed by atoms with Crippen molar-refractivity contribution in [2.24, 2.45) is 15.5 Å². The molecule has 0 unspecified atom stereocenters. The molecule has 0 aliphatic carbocycles. The molecule has 0 atom stereocenters. The van der Waals surface area contributed by atoms with Crippen molar-refractivity contribution in [3.05, 3.63) is 16.5 Å². The molecule has 1 N–H and O–H groups in total. The number of hydrazone groups is 1. The molecule has 110 valence electrons. The van der Waals surface area contributed by atoms with Crippen molar-refractivity contribution in [3.8, 4) is 0 Å². The van der Waals surface area contributed by atoms with Gasteiger partial charge in [-0.3, -0.25) is 9.71 Å². The van der Waals surface area contributed by atoms with Gasteiger partial charge in [0, 0.05) is 17.7 Å². The highest BCUT2D eigenvalue weighted by Gasteiger charge is 2.33. The second kappa shape index (κ2) is 6.37. The first-order valence-electron chi connectivity index (χ1n) is 6.48. The third kappa shape index (κ3) is 3.68. The summed E-state index contributed by atoms with van der Waals surface area (Å²) >= 11 is 9.00. The maximum absolute atomic E-state index is 5.94. The largest absolute Gasteiger partial charge is 0.294 e. The first kappa shape index (κ1) is 15.7. The Bertz CT molecular complexity index is 536. The molecule has 0 saturated heterocycles. The predicted octanol–water partition coefficient (Wildman–Crippen LogP) is 4.09. The smallest absolute Gasteiger partial charge is 0.225 e. The Kier molecular flexibility index (Phi) is 4.99. The van der Waals surface area contributed by atoms with Crippen LogP contribution in [0, 0.1) is 5.41 Å². The minimum Gasteiger partial charge on any atom is -0.294 e. The van der Waals surface area contributed by atoms with Crippen molar-refractivity contribution in [1.82, 2.24) is 9.73 Å². The summed E-state index contributed by atoms with van der Waals surface area (Å²) in [5.41, 5.74) is 1.22. The van der Waals surface area contributed by atoms with E-state index in [2.05, 4.69) is 35.6 Å². The summed E-state index contributed by atoms with van der Waals surface area (Å²) in [6, 6.07) is 3.89. The van der Waals surface area contributed by atoms with Gasteiger partial charge in [-0.2, -0.15) is 5.10 Å². The molecule has 1 aliphatic heterocycles. The molecule has 0 radical (unpaired) electrons. The van der Waals surface area contributed by atoms with E-state index in [1.54, 1.807) is 11.3 Å². The zero-order chi connectivity index (χ0) is 14.8. The van der Waals surface area contributed by atoms with Crippen LogP contribution in [0.2, 0.25) is 4.34 Å². The van der Waals surface area contributed by atoms with E-state index in [1.165, 1.54) is 11.9 Å². The number of aliphatic imine (C=N–C) groups is 1. The van der Waals surface area contributed by atoms with Crippen LogP contribution in [0.25, 0.3) is 0 Å². The molecule has 0 spiro atoms. The molecule has 2 heterocycles. The van der Waals surface area contributed by atoms with Gasteiger partial charge in [-0.15, -0.1) is 11.3 Å². The van der Waals surface area contributed by atoms with E-state index in [-0.39, 0.29) is 5.41 Å². The molecule has 0 fully saturated rings. The van der Waals surface area contributed by atoms with E-state index >= 15 is 0 Å². The lowest BCUT2D eigenvalue weighted by molar-refractivity contribution is 0.378. The predicted molar refractivity (Wildman–Crippen MR) is 89.9 cm³/mol. The summed E-state index contributed by atoms with van der Waals surface area (Å²) in [6.45, 7) is 10.0. The third-order valence-corrected chi connectivity index (χ3v) is 5.29. The molecule has 1 aromatic heterocycles. The summed E-state index contributed by atoms with van der Waals surface area (Å²) in [5.74, 6) is 0.798. The lowest BCUT2D eigenvalue weighted by atomic mass is 9.89. The van der Waals surface area contributed by atoms with Gasteiger partial charge in [0.25, 0.3) is 0 Å². The van der Waals surface area contributed by atoms with Gasteiger partial charge in [-0.25, -0.2) is 5.01 Å². The topological polar surface area (TPSA) is 40.0 Å². The van der Waals surface area contributed by atoms with Crippen LogP contribution in [-0.4, -0.2) is 29.8 Å². The molecule has 20 heavy (non-hydrogen) atoms. The Hall–Kier alpha value is -0.720. The lowest BCUT2D eigenvalue weighted by Gasteiger charge is -2.21. The average Bonchev–Trinajstić information content (AvgIpc) is 2.89. The Morgan fingerprint density at radius 1 is 1.60 bits per heavy atom. The van der Waals surface area contributed by atoms with E-state index in [0.29, 0.717) is 0 Å². The SMILES string of the molecule is CCN=C(NSc1ccc(Cl)s1)N1CC(C)(C)C(C)=N1. The van der Waals surface area contributed by atoms with Gasteiger partial charge >= 0.3 is 0 Å². The molecule has 1 aliphatic rings. The molecule has 0 aromatic carbocycles. The number of rotatable bonds is 3. The van der Waals surface area contributed by atoms with Gasteiger partial charge in [0.05, 0.1) is 15.1 Å². The van der Waals surface area contributed by atoms with E-state index < -0.39 is 0 Å². The van der Waals surface area contributed by atoms with Crippen LogP contribution >= 0.6 is 34.9 Å². The van der Waals surface area contributed by atoms with Gasteiger partial charge in [-0.05, 0) is 37.9 Å². The molecule has 7 heteroatoms. The summed E-state index contributed by atoms with van der Waals surface area (Å²) in [6.07, 6.45) is 0. The van der Waals surface area contributed by atoms with Crippen LogP contribution in [0.15, 0.2) is 26.4 Å². The van der Waals surface area contributed by atoms with Crippen molar-refractivity contribution in [1.29, 1.82) is 0 Å². The maximum Gasteiger partial charge on any atom is 0.225 e. The molecule has 1 aromatic rings. The van der Waals surface area contributed by atoms with Crippen molar-refractivity contribution in [3.63, 3.8) is 0 Å². The summed E-state index contributed by atoms with van der Waals surface area (Å²) in [5, 5.41) is 6.54. The van der Waals surface area contributed by atoms with Crippen LogP contribution in [-0.2, 0) is 0 Å². The standard InChI is InChI=1S/C13H19ClN4S2/c1-5-15-12(17-20-11-7-6-10(14)19-11)18-8-13(3,4)9(2)16-18/h6-7H,5,8H2,1-4H3,(H,15,17). The van der Waals surface area contributed by atoms with Gasteiger partial charge in [-0.1, -0.05) is 25.4 Å². The molecule has 0 saturated carbocycles. The first-order chi connectivity index (χ1) is 9.42. The average molecular weight is 331 g/mol. The minimum atomic E-state index is 0.0904. The zero-order valence-corrected chi connectivity index (χ0v) is 14.5. The van der Waals surface area contributed by atoms with Gasteiger partial charge in [0.2, 0.25) is 5.96 Å². The van der Waals surface area contributed by atoms with Crippen molar-refractivity contribution in [2.45, 2.75) is 31.9 Å². The molecular formula is C13H19ClN4S2. The van der Waals surface area contributed by atoms with Crippen molar-refractivity contribution >= 4 is 46.6 Å². The summed E-state index contributed by atoms with van der Waals surface area (Å²) < 4.78 is 5.19.